The SMILES string of the molecule is CCCn1cc(C(=O)O)c(-c2cc3ccccc3s2)n1. The standard InChI is InChI=1S/C15H14N2O2S/c1-2-7-17-9-11(15(18)19)14(16-17)13-8-10-5-3-4-6-12(10)20-13/h3-6,8-9H,2,7H2,1H3,(H,18,19). The van der Waals surface area contributed by atoms with Gasteiger partial charge in [0.2, 0.25) is 0 Å². The van der Waals surface area contributed by atoms with Crippen molar-refractivity contribution >= 4 is 27.4 Å². The fourth-order valence-corrected chi connectivity index (χ4v) is 3.26. The summed E-state index contributed by atoms with van der Waals surface area (Å²) in [5, 5.41) is 14.9. The number of carboxylic acid groups (broad SMARTS) is 1. The number of aryl methyl sites for hydroxylation is 1. The molecule has 0 spiro atoms. The Morgan fingerprint density at radius 3 is 2.90 bits per heavy atom. The predicted molar refractivity (Wildman–Crippen MR) is 80.3 cm³/mol. The molecule has 0 bridgehead atoms. The highest BCUT2D eigenvalue weighted by Gasteiger charge is 2.18. The summed E-state index contributed by atoms with van der Waals surface area (Å²) in [6.07, 6.45) is 2.54. The molecule has 3 rings (SSSR count). The highest BCUT2D eigenvalue weighted by Crippen LogP contribution is 2.34. The van der Waals surface area contributed by atoms with Crippen LogP contribution in [-0.2, 0) is 6.54 Å². The van der Waals surface area contributed by atoms with E-state index in [1.807, 2.05) is 37.3 Å². The second kappa shape index (κ2) is 5.09. The molecule has 1 N–H and O–H groups in total. The minimum absolute atomic E-state index is 0.269. The zero-order valence-corrected chi connectivity index (χ0v) is 11.9. The predicted octanol–water partition coefficient (Wildman–Crippen LogP) is 3.87. The molecule has 0 amide bonds. The molecule has 0 saturated carbocycles. The second-order valence-electron chi connectivity index (χ2n) is 4.61. The lowest BCUT2D eigenvalue weighted by atomic mass is 10.2. The van der Waals surface area contributed by atoms with Crippen LogP contribution in [0.3, 0.4) is 0 Å². The first-order chi connectivity index (χ1) is 9.69. The minimum atomic E-state index is -0.931. The van der Waals surface area contributed by atoms with Crippen LogP contribution in [0.1, 0.15) is 23.7 Å². The molecule has 0 unspecified atom stereocenters. The summed E-state index contributed by atoms with van der Waals surface area (Å²) in [7, 11) is 0. The van der Waals surface area contributed by atoms with Crippen LogP contribution in [0.5, 0.6) is 0 Å². The lowest BCUT2D eigenvalue weighted by molar-refractivity contribution is 0.0697. The van der Waals surface area contributed by atoms with Crippen molar-refractivity contribution in [2.75, 3.05) is 0 Å². The third kappa shape index (κ3) is 2.20. The van der Waals surface area contributed by atoms with Crippen LogP contribution in [0.4, 0.5) is 0 Å². The van der Waals surface area contributed by atoms with E-state index < -0.39 is 5.97 Å². The van der Waals surface area contributed by atoms with Crippen molar-refractivity contribution in [1.29, 1.82) is 0 Å². The Hall–Kier alpha value is -2.14. The molecule has 0 aliphatic rings. The number of carbonyl (C=O) groups is 1. The van der Waals surface area contributed by atoms with Crippen LogP contribution < -0.4 is 0 Å². The number of thiophene rings is 1. The Bertz CT molecular complexity index is 740. The van der Waals surface area contributed by atoms with Gasteiger partial charge in [-0.2, -0.15) is 5.10 Å². The van der Waals surface area contributed by atoms with Crippen LogP contribution in [0.2, 0.25) is 0 Å². The van der Waals surface area contributed by atoms with Gasteiger partial charge < -0.3 is 5.11 Å². The zero-order valence-electron chi connectivity index (χ0n) is 11.0. The van der Waals surface area contributed by atoms with Crippen LogP contribution >= 0.6 is 11.3 Å². The number of hydrogen-bond acceptors (Lipinski definition) is 3. The maximum absolute atomic E-state index is 11.4. The summed E-state index contributed by atoms with van der Waals surface area (Å²) in [6.45, 7) is 2.77. The molecule has 20 heavy (non-hydrogen) atoms. The number of benzene rings is 1. The van der Waals surface area contributed by atoms with Gasteiger partial charge in [0, 0.05) is 17.4 Å². The maximum atomic E-state index is 11.4. The van der Waals surface area contributed by atoms with Crippen LogP contribution in [0, 0.1) is 0 Å². The van der Waals surface area contributed by atoms with Crippen molar-refractivity contribution in [1.82, 2.24) is 9.78 Å². The average molecular weight is 286 g/mol. The lowest BCUT2D eigenvalue weighted by Gasteiger charge is -1.95. The van der Waals surface area contributed by atoms with Gasteiger partial charge in [0.15, 0.2) is 0 Å². The van der Waals surface area contributed by atoms with E-state index in [0.717, 1.165) is 27.9 Å². The fourth-order valence-electron chi connectivity index (χ4n) is 2.20. The van der Waals surface area contributed by atoms with Gasteiger partial charge in [0.1, 0.15) is 11.3 Å². The maximum Gasteiger partial charge on any atom is 0.339 e. The number of aromatic carboxylic acids is 1. The number of nitrogens with zero attached hydrogens (tertiary/aromatic N) is 2. The summed E-state index contributed by atoms with van der Waals surface area (Å²) < 4.78 is 2.85. The molecule has 0 saturated heterocycles. The molecule has 1 aromatic carbocycles. The van der Waals surface area contributed by atoms with Gasteiger partial charge in [-0.3, -0.25) is 4.68 Å². The van der Waals surface area contributed by atoms with Crippen LogP contribution in [0.25, 0.3) is 20.7 Å². The lowest BCUT2D eigenvalue weighted by Crippen LogP contribution is -1.97. The van der Waals surface area contributed by atoms with Crippen molar-refractivity contribution in [2.45, 2.75) is 19.9 Å². The van der Waals surface area contributed by atoms with Gasteiger partial charge in [0.25, 0.3) is 0 Å². The minimum Gasteiger partial charge on any atom is -0.478 e. The molecule has 4 nitrogen and oxygen atoms in total. The smallest absolute Gasteiger partial charge is 0.339 e. The Morgan fingerprint density at radius 2 is 2.20 bits per heavy atom. The van der Waals surface area contributed by atoms with E-state index in [-0.39, 0.29) is 5.56 Å². The number of hydrogen-bond donors (Lipinski definition) is 1. The first-order valence-electron chi connectivity index (χ1n) is 6.48. The van der Waals surface area contributed by atoms with Crippen molar-refractivity contribution in [3.8, 4) is 10.6 Å². The summed E-state index contributed by atoms with van der Waals surface area (Å²) in [4.78, 5) is 12.3. The molecule has 0 radical (unpaired) electrons. The van der Waals surface area contributed by atoms with E-state index >= 15 is 0 Å². The first-order valence-corrected chi connectivity index (χ1v) is 7.30. The van der Waals surface area contributed by atoms with Crippen molar-refractivity contribution in [2.24, 2.45) is 0 Å². The highest BCUT2D eigenvalue weighted by molar-refractivity contribution is 7.22. The molecule has 0 aliphatic heterocycles. The van der Waals surface area contributed by atoms with Gasteiger partial charge in [-0.1, -0.05) is 25.1 Å². The van der Waals surface area contributed by atoms with Gasteiger partial charge >= 0.3 is 5.97 Å². The molecule has 102 valence electrons. The molecule has 0 fully saturated rings. The molecule has 2 aromatic heterocycles. The van der Waals surface area contributed by atoms with Crippen molar-refractivity contribution in [3.63, 3.8) is 0 Å². The summed E-state index contributed by atoms with van der Waals surface area (Å²) >= 11 is 1.57. The molecule has 0 aliphatic carbocycles. The summed E-state index contributed by atoms with van der Waals surface area (Å²) in [5.41, 5.74) is 0.831. The molecule has 3 aromatic rings. The topological polar surface area (TPSA) is 55.1 Å². The van der Waals surface area contributed by atoms with Crippen molar-refractivity contribution in [3.05, 3.63) is 42.1 Å². The molecule has 5 heteroatoms. The normalized spacial score (nSPS) is 11.1. The van der Waals surface area contributed by atoms with Gasteiger partial charge in [-0.05, 0) is 23.9 Å². The van der Waals surface area contributed by atoms with E-state index in [4.69, 9.17) is 0 Å². The Balaban J connectivity index is 2.14. The largest absolute Gasteiger partial charge is 0.478 e. The number of carboxylic acids is 1. The van der Waals surface area contributed by atoms with Crippen LogP contribution in [-0.4, -0.2) is 20.9 Å². The van der Waals surface area contributed by atoms with E-state index in [9.17, 15) is 9.90 Å². The molecule has 2 heterocycles. The third-order valence-electron chi connectivity index (χ3n) is 3.10. The summed E-state index contributed by atoms with van der Waals surface area (Å²) in [5.74, 6) is -0.931. The number of rotatable bonds is 4. The number of aromatic nitrogens is 2. The van der Waals surface area contributed by atoms with Gasteiger partial charge in [-0.25, -0.2) is 4.79 Å². The third-order valence-corrected chi connectivity index (χ3v) is 4.23. The van der Waals surface area contributed by atoms with E-state index in [2.05, 4.69) is 5.10 Å². The van der Waals surface area contributed by atoms with Crippen LogP contribution in [0.15, 0.2) is 36.5 Å². The van der Waals surface area contributed by atoms with E-state index in [1.54, 1.807) is 22.2 Å². The highest BCUT2D eigenvalue weighted by atomic mass is 32.1. The fraction of sp³-hybridized carbons (Fsp3) is 0.200. The molecular formula is C15H14N2O2S. The van der Waals surface area contributed by atoms with Gasteiger partial charge in [-0.15, -0.1) is 11.3 Å². The quantitative estimate of drug-likeness (QED) is 0.792. The Morgan fingerprint density at radius 1 is 1.40 bits per heavy atom. The monoisotopic (exact) mass is 286 g/mol. The van der Waals surface area contributed by atoms with Gasteiger partial charge in [0.05, 0.1) is 4.88 Å². The zero-order chi connectivity index (χ0) is 14.1. The molecular weight excluding hydrogens is 272 g/mol. The van der Waals surface area contributed by atoms with E-state index in [0.29, 0.717) is 5.69 Å². The Kier molecular flexibility index (Phi) is 3.28. The first kappa shape index (κ1) is 12.9. The molecule has 0 atom stereocenters. The van der Waals surface area contributed by atoms with Crippen molar-refractivity contribution < 1.29 is 9.90 Å². The number of fused-ring (bicyclic) bond motifs is 1. The average Bonchev–Trinajstić information content (AvgIpc) is 3.01. The Labute approximate surface area is 120 Å². The summed E-state index contributed by atoms with van der Waals surface area (Å²) in [6, 6.07) is 10.0. The second-order valence-corrected chi connectivity index (χ2v) is 5.69. The van der Waals surface area contributed by atoms with E-state index in [1.165, 1.54) is 0 Å².